The Morgan fingerprint density at radius 1 is 1.35 bits per heavy atom. The highest BCUT2D eigenvalue weighted by Crippen LogP contribution is 2.25. The highest BCUT2D eigenvalue weighted by Gasteiger charge is 2.16. The summed E-state index contributed by atoms with van der Waals surface area (Å²) in [5.74, 6) is 0. The number of rotatable bonds is 3. The van der Waals surface area contributed by atoms with E-state index in [4.69, 9.17) is 11.6 Å². The lowest BCUT2D eigenvalue weighted by Gasteiger charge is -2.10. The summed E-state index contributed by atoms with van der Waals surface area (Å²) in [6.45, 7) is 2.03. The number of aromatic nitrogens is 2. The number of nitrogens with zero attached hydrogens (tertiary/aromatic N) is 2. The summed E-state index contributed by atoms with van der Waals surface area (Å²) in [5, 5.41) is 15.3. The second-order valence-corrected chi connectivity index (χ2v) is 4.45. The predicted octanol–water partition coefficient (Wildman–Crippen LogP) is 2.72. The Hall–Kier alpha value is -1.32. The molecule has 1 aromatic heterocycles. The zero-order chi connectivity index (χ0) is 12.4. The van der Waals surface area contributed by atoms with E-state index in [0.29, 0.717) is 5.02 Å². The Bertz CT molecular complexity index is 505. The summed E-state index contributed by atoms with van der Waals surface area (Å²) < 4.78 is 1.73. The van der Waals surface area contributed by atoms with Crippen LogP contribution < -0.4 is 0 Å². The maximum absolute atomic E-state index is 10.3. The van der Waals surface area contributed by atoms with Crippen LogP contribution in [-0.2, 0) is 13.5 Å². The molecule has 0 aliphatic heterocycles. The van der Waals surface area contributed by atoms with Crippen LogP contribution in [0.2, 0.25) is 5.02 Å². The fourth-order valence-corrected chi connectivity index (χ4v) is 2.01. The van der Waals surface area contributed by atoms with E-state index >= 15 is 0 Å². The van der Waals surface area contributed by atoms with E-state index in [1.54, 1.807) is 16.8 Å². The Labute approximate surface area is 106 Å². The molecule has 1 heterocycles. The second-order valence-electron chi connectivity index (χ2n) is 4.01. The van der Waals surface area contributed by atoms with E-state index in [1.807, 2.05) is 32.3 Å². The molecule has 90 valence electrons. The first kappa shape index (κ1) is 12.1. The number of aliphatic hydroxyl groups excluding tert-OH is 1. The molecular weight excluding hydrogens is 236 g/mol. The minimum atomic E-state index is -0.643. The van der Waals surface area contributed by atoms with Crippen molar-refractivity contribution in [1.29, 1.82) is 0 Å². The molecule has 2 aromatic rings. The Kier molecular flexibility index (Phi) is 3.50. The van der Waals surface area contributed by atoms with Gasteiger partial charge in [0.2, 0.25) is 0 Å². The van der Waals surface area contributed by atoms with E-state index in [2.05, 4.69) is 5.10 Å². The third-order valence-corrected chi connectivity index (χ3v) is 3.00. The molecule has 1 aromatic carbocycles. The Morgan fingerprint density at radius 3 is 2.59 bits per heavy atom. The number of aliphatic hydroxyl groups is 1. The summed E-state index contributed by atoms with van der Waals surface area (Å²) in [6.07, 6.45) is 2.02. The van der Waals surface area contributed by atoms with Crippen LogP contribution in [0.15, 0.2) is 30.5 Å². The average molecular weight is 251 g/mol. The van der Waals surface area contributed by atoms with Crippen molar-refractivity contribution in [2.75, 3.05) is 0 Å². The normalized spacial score (nSPS) is 12.7. The van der Waals surface area contributed by atoms with Gasteiger partial charge < -0.3 is 5.11 Å². The van der Waals surface area contributed by atoms with Crippen molar-refractivity contribution in [2.45, 2.75) is 19.4 Å². The first-order chi connectivity index (χ1) is 8.11. The van der Waals surface area contributed by atoms with E-state index in [9.17, 15) is 5.11 Å². The summed E-state index contributed by atoms with van der Waals surface area (Å²) >= 11 is 5.83. The van der Waals surface area contributed by atoms with Crippen LogP contribution in [0.4, 0.5) is 0 Å². The largest absolute Gasteiger partial charge is 0.384 e. The van der Waals surface area contributed by atoms with Crippen LogP contribution in [0.5, 0.6) is 0 Å². The van der Waals surface area contributed by atoms with Gasteiger partial charge in [0.25, 0.3) is 0 Å². The number of hydrogen-bond donors (Lipinski definition) is 1. The van der Waals surface area contributed by atoms with Gasteiger partial charge >= 0.3 is 0 Å². The molecule has 0 saturated carbocycles. The molecule has 0 radical (unpaired) electrons. The number of benzene rings is 1. The molecule has 0 fully saturated rings. The third kappa shape index (κ3) is 2.51. The quantitative estimate of drug-likeness (QED) is 0.910. The minimum absolute atomic E-state index is 0.643. The van der Waals surface area contributed by atoms with Crippen LogP contribution in [0.3, 0.4) is 0 Å². The van der Waals surface area contributed by atoms with E-state index < -0.39 is 6.10 Å². The zero-order valence-electron chi connectivity index (χ0n) is 9.89. The molecule has 2 rings (SSSR count). The lowest BCUT2D eigenvalue weighted by atomic mass is 10.0. The predicted molar refractivity (Wildman–Crippen MR) is 68.1 cm³/mol. The maximum Gasteiger partial charge on any atom is 0.107 e. The molecule has 3 nitrogen and oxygen atoms in total. The number of halogens is 1. The maximum atomic E-state index is 10.3. The molecule has 17 heavy (non-hydrogen) atoms. The number of aryl methyl sites for hydroxylation is 2. The Morgan fingerprint density at radius 2 is 2.00 bits per heavy atom. The Balaban J connectivity index is 2.35. The molecule has 0 saturated heterocycles. The standard InChI is InChI=1S/C13H15ClN2O/c1-3-12-11(8-16(2)15-12)13(17)9-4-6-10(14)7-5-9/h4-8,13,17H,3H2,1-2H3. The average Bonchev–Trinajstić information content (AvgIpc) is 2.70. The van der Waals surface area contributed by atoms with Gasteiger partial charge in [-0.25, -0.2) is 0 Å². The van der Waals surface area contributed by atoms with Crippen molar-refractivity contribution in [2.24, 2.45) is 7.05 Å². The lowest BCUT2D eigenvalue weighted by molar-refractivity contribution is 0.219. The summed E-state index contributed by atoms with van der Waals surface area (Å²) in [6, 6.07) is 7.23. The number of hydrogen-bond acceptors (Lipinski definition) is 2. The highest BCUT2D eigenvalue weighted by atomic mass is 35.5. The van der Waals surface area contributed by atoms with Crippen molar-refractivity contribution in [3.63, 3.8) is 0 Å². The smallest absolute Gasteiger partial charge is 0.107 e. The third-order valence-electron chi connectivity index (χ3n) is 2.75. The van der Waals surface area contributed by atoms with Crippen LogP contribution in [0, 0.1) is 0 Å². The van der Waals surface area contributed by atoms with Gasteiger partial charge in [0.15, 0.2) is 0 Å². The van der Waals surface area contributed by atoms with Crippen LogP contribution >= 0.6 is 11.6 Å². The minimum Gasteiger partial charge on any atom is -0.384 e. The highest BCUT2D eigenvalue weighted by molar-refractivity contribution is 6.30. The topological polar surface area (TPSA) is 38.0 Å². The van der Waals surface area contributed by atoms with Crippen molar-refractivity contribution >= 4 is 11.6 Å². The van der Waals surface area contributed by atoms with Gasteiger partial charge in [0, 0.05) is 23.8 Å². The van der Waals surface area contributed by atoms with Crippen molar-refractivity contribution < 1.29 is 5.11 Å². The van der Waals surface area contributed by atoms with Crippen LogP contribution in [-0.4, -0.2) is 14.9 Å². The molecule has 1 N–H and O–H groups in total. The SMILES string of the molecule is CCc1nn(C)cc1C(O)c1ccc(Cl)cc1. The van der Waals surface area contributed by atoms with Gasteiger partial charge in [0.05, 0.1) is 5.69 Å². The molecule has 4 heteroatoms. The molecule has 0 aliphatic rings. The fourth-order valence-electron chi connectivity index (χ4n) is 1.88. The summed E-state index contributed by atoms with van der Waals surface area (Å²) in [7, 11) is 1.86. The first-order valence-corrected chi connectivity index (χ1v) is 5.95. The van der Waals surface area contributed by atoms with E-state index in [0.717, 1.165) is 23.2 Å². The summed E-state index contributed by atoms with van der Waals surface area (Å²) in [5.41, 5.74) is 2.62. The zero-order valence-corrected chi connectivity index (χ0v) is 10.6. The van der Waals surface area contributed by atoms with Gasteiger partial charge in [0.1, 0.15) is 6.10 Å². The molecule has 0 bridgehead atoms. The second kappa shape index (κ2) is 4.90. The van der Waals surface area contributed by atoms with Crippen molar-refractivity contribution in [1.82, 2.24) is 9.78 Å². The van der Waals surface area contributed by atoms with Gasteiger partial charge in [-0.05, 0) is 24.1 Å². The summed E-state index contributed by atoms with van der Waals surface area (Å²) in [4.78, 5) is 0. The van der Waals surface area contributed by atoms with Gasteiger partial charge in [-0.1, -0.05) is 30.7 Å². The molecule has 0 amide bonds. The van der Waals surface area contributed by atoms with Crippen molar-refractivity contribution in [3.05, 3.63) is 52.3 Å². The molecule has 1 unspecified atom stereocenters. The van der Waals surface area contributed by atoms with Gasteiger partial charge in [-0.15, -0.1) is 0 Å². The molecule has 1 atom stereocenters. The van der Waals surface area contributed by atoms with Gasteiger partial charge in [-0.3, -0.25) is 4.68 Å². The van der Waals surface area contributed by atoms with E-state index in [1.165, 1.54) is 0 Å². The lowest BCUT2D eigenvalue weighted by Crippen LogP contribution is -2.01. The molecular formula is C13H15ClN2O. The van der Waals surface area contributed by atoms with Crippen LogP contribution in [0.25, 0.3) is 0 Å². The monoisotopic (exact) mass is 250 g/mol. The van der Waals surface area contributed by atoms with Crippen LogP contribution in [0.1, 0.15) is 29.8 Å². The fraction of sp³-hybridized carbons (Fsp3) is 0.308. The molecule has 0 aliphatic carbocycles. The first-order valence-electron chi connectivity index (χ1n) is 5.57. The van der Waals surface area contributed by atoms with Gasteiger partial charge in [-0.2, -0.15) is 5.10 Å². The van der Waals surface area contributed by atoms with E-state index in [-0.39, 0.29) is 0 Å². The van der Waals surface area contributed by atoms with Crippen molar-refractivity contribution in [3.8, 4) is 0 Å². The molecule has 0 spiro atoms.